The fraction of sp³-hybridized carbons (Fsp3) is 0.100. The maximum absolute atomic E-state index is 12.0. The molecule has 17 heavy (non-hydrogen) atoms. The molecule has 7 heteroatoms. The van der Waals surface area contributed by atoms with Gasteiger partial charge in [-0.1, -0.05) is 12.1 Å². The Morgan fingerprint density at radius 2 is 2.12 bits per heavy atom. The normalized spacial score (nSPS) is 11.6. The molecule has 0 spiro atoms. The van der Waals surface area contributed by atoms with Crippen molar-refractivity contribution in [3.63, 3.8) is 0 Å². The van der Waals surface area contributed by atoms with Crippen molar-refractivity contribution in [2.24, 2.45) is 0 Å². The highest BCUT2D eigenvalue weighted by atomic mass is 79.9. The van der Waals surface area contributed by atoms with E-state index in [2.05, 4.69) is 30.6 Å². The Balaban J connectivity index is 2.17. The lowest BCUT2D eigenvalue weighted by Crippen LogP contribution is -2.23. The highest BCUT2D eigenvalue weighted by molar-refractivity contribution is 9.10. The topological polar surface area (TPSA) is 74.8 Å². The number of hydrogen-bond donors (Lipinski definition) is 2. The van der Waals surface area contributed by atoms with Crippen LogP contribution in [0.3, 0.4) is 0 Å². The fourth-order valence-electron chi connectivity index (χ4n) is 1.29. The van der Waals surface area contributed by atoms with Gasteiger partial charge in [-0.3, -0.25) is 0 Å². The van der Waals surface area contributed by atoms with E-state index >= 15 is 0 Å². The maximum Gasteiger partial charge on any atom is 0.242 e. The molecule has 0 aliphatic carbocycles. The number of H-pyrrole nitrogens is 1. The second-order valence-electron chi connectivity index (χ2n) is 3.33. The molecule has 90 valence electrons. The molecular formula is C10H10BrN3O2S. The van der Waals surface area contributed by atoms with E-state index in [1.165, 1.54) is 6.33 Å². The summed E-state index contributed by atoms with van der Waals surface area (Å²) in [5, 5.41) is 0. The number of nitrogens with zero attached hydrogens (tertiary/aromatic N) is 1. The monoisotopic (exact) mass is 315 g/mol. The summed E-state index contributed by atoms with van der Waals surface area (Å²) >= 11 is 3.21. The summed E-state index contributed by atoms with van der Waals surface area (Å²) in [6.07, 6.45) is 3.07. The van der Waals surface area contributed by atoms with Gasteiger partial charge in [-0.25, -0.2) is 18.1 Å². The molecule has 0 atom stereocenters. The van der Waals surface area contributed by atoms with Gasteiger partial charge in [0.25, 0.3) is 0 Å². The molecule has 0 radical (unpaired) electrons. The Hall–Kier alpha value is -1.18. The van der Waals surface area contributed by atoms with Crippen molar-refractivity contribution in [3.05, 3.63) is 47.0 Å². The first-order valence-electron chi connectivity index (χ1n) is 4.81. The van der Waals surface area contributed by atoms with E-state index in [1.54, 1.807) is 30.5 Å². The summed E-state index contributed by atoms with van der Waals surface area (Å²) in [6.45, 7) is 0.184. The summed E-state index contributed by atoms with van der Waals surface area (Å²) in [5.41, 5.74) is 0.709. The van der Waals surface area contributed by atoms with Crippen molar-refractivity contribution in [1.29, 1.82) is 0 Å². The average Bonchev–Trinajstić information content (AvgIpc) is 2.80. The van der Waals surface area contributed by atoms with Crippen molar-refractivity contribution in [2.75, 3.05) is 0 Å². The van der Waals surface area contributed by atoms with Crippen LogP contribution < -0.4 is 4.72 Å². The molecule has 1 heterocycles. The summed E-state index contributed by atoms with van der Waals surface area (Å²) in [7, 11) is -3.51. The summed E-state index contributed by atoms with van der Waals surface area (Å²) in [5.74, 6) is 0. The van der Waals surface area contributed by atoms with Gasteiger partial charge in [0.15, 0.2) is 0 Å². The number of halogens is 1. The molecule has 1 aromatic carbocycles. The Bertz CT molecular complexity index is 596. The summed E-state index contributed by atoms with van der Waals surface area (Å²) in [4.78, 5) is 6.86. The molecule has 2 aromatic rings. The highest BCUT2D eigenvalue weighted by Crippen LogP contribution is 2.20. The minimum absolute atomic E-state index is 0.184. The van der Waals surface area contributed by atoms with Gasteiger partial charge in [-0.2, -0.15) is 0 Å². The number of aromatic nitrogens is 2. The molecule has 2 rings (SSSR count). The number of benzene rings is 1. The molecule has 0 saturated carbocycles. The first-order valence-corrected chi connectivity index (χ1v) is 7.08. The van der Waals surface area contributed by atoms with E-state index in [-0.39, 0.29) is 11.4 Å². The Labute approximate surface area is 107 Å². The Kier molecular flexibility index (Phi) is 3.60. The van der Waals surface area contributed by atoms with Crippen LogP contribution in [0.5, 0.6) is 0 Å². The lowest BCUT2D eigenvalue weighted by molar-refractivity contribution is 0.580. The molecular weight excluding hydrogens is 306 g/mol. The average molecular weight is 316 g/mol. The van der Waals surface area contributed by atoms with Gasteiger partial charge < -0.3 is 4.98 Å². The second kappa shape index (κ2) is 4.99. The maximum atomic E-state index is 12.0. The molecule has 0 aliphatic rings. The predicted molar refractivity (Wildman–Crippen MR) is 66.8 cm³/mol. The SMILES string of the molecule is O=S(=O)(NCc1cnc[nH]1)c1ccccc1Br. The Morgan fingerprint density at radius 1 is 1.35 bits per heavy atom. The summed E-state index contributed by atoms with van der Waals surface area (Å²) in [6, 6.07) is 6.66. The van der Waals surface area contributed by atoms with Crippen molar-refractivity contribution in [2.45, 2.75) is 11.4 Å². The van der Waals surface area contributed by atoms with E-state index in [9.17, 15) is 8.42 Å². The van der Waals surface area contributed by atoms with Crippen molar-refractivity contribution in [1.82, 2.24) is 14.7 Å². The molecule has 2 N–H and O–H groups in total. The van der Waals surface area contributed by atoms with Crippen LogP contribution >= 0.6 is 15.9 Å². The zero-order valence-electron chi connectivity index (χ0n) is 8.72. The van der Waals surface area contributed by atoms with Gasteiger partial charge in [0.05, 0.1) is 17.8 Å². The minimum atomic E-state index is -3.51. The standard InChI is InChI=1S/C10H10BrN3O2S/c11-9-3-1-2-4-10(9)17(15,16)14-6-8-5-12-7-13-8/h1-5,7,14H,6H2,(H,12,13). The van der Waals surface area contributed by atoms with Crippen LogP contribution in [-0.2, 0) is 16.6 Å². The van der Waals surface area contributed by atoms with Crippen molar-refractivity contribution >= 4 is 26.0 Å². The molecule has 0 aliphatic heterocycles. The third-order valence-corrected chi connectivity index (χ3v) is 4.55. The largest absolute Gasteiger partial charge is 0.347 e. The van der Waals surface area contributed by atoms with Gasteiger partial charge in [0.1, 0.15) is 0 Å². The van der Waals surface area contributed by atoms with Gasteiger partial charge in [-0.05, 0) is 28.1 Å². The quantitative estimate of drug-likeness (QED) is 0.901. The number of hydrogen-bond acceptors (Lipinski definition) is 3. The third-order valence-electron chi connectivity index (χ3n) is 2.13. The Morgan fingerprint density at radius 3 is 2.76 bits per heavy atom. The second-order valence-corrected chi connectivity index (χ2v) is 5.92. The molecule has 1 aromatic heterocycles. The van der Waals surface area contributed by atoms with Crippen molar-refractivity contribution < 1.29 is 8.42 Å². The zero-order valence-corrected chi connectivity index (χ0v) is 11.1. The van der Waals surface area contributed by atoms with E-state index in [4.69, 9.17) is 0 Å². The van der Waals surface area contributed by atoms with Crippen LogP contribution in [-0.4, -0.2) is 18.4 Å². The molecule has 0 bridgehead atoms. The van der Waals surface area contributed by atoms with Gasteiger partial charge in [-0.15, -0.1) is 0 Å². The van der Waals surface area contributed by atoms with E-state index in [0.29, 0.717) is 10.2 Å². The molecule has 5 nitrogen and oxygen atoms in total. The summed E-state index contributed by atoms with van der Waals surface area (Å²) < 4.78 is 27.0. The molecule has 0 fully saturated rings. The third kappa shape index (κ3) is 2.93. The highest BCUT2D eigenvalue weighted by Gasteiger charge is 2.16. The predicted octanol–water partition coefficient (Wildman–Crippen LogP) is 1.65. The van der Waals surface area contributed by atoms with Crippen molar-refractivity contribution in [3.8, 4) is 0 Å². The van der Waals surface area contributed by atoms with Crippen LogP contribution in [0.15, 0.2) is 46.2 Å². The lowest BCUT2D eigenvalue weighted by Gasteiger charge is -2.07. The number of imidazole rings is 1. The van der Waals surface area contributed by atoms with E-state index < -0.39 is 10.0 Å². The number of aromatic amines is 1. The first-order chi connectivity index (χ1) is 8.09. The van der Waals surface area contributed by atoms with E-state index in [0.717, 1.165) is 0 Å². The number of rotatable bonds is 4. The molecule has 0 unspecified atom stereocenters. The van der Waals surface area contributed by atoms with Gasteiger partial charge in [0, 0.05) is 16.4 Å². The minimum Gasteiger partial charge on any atom is -0.347 e. The van der Waals surface area contributed by atoms with Crippen LogP contribution in [0.4, 0.5) is 0 Å². The number of nitrogens with one attached hydrogen (secondary N) is 2. The molecule has 0 saturated heterocycles. The first kappa shape index (κ1) is 12.3. The zero-order chi connectivity index (χ0) is 12.3. The van der Waals surface area contributed by atoms with Gasteiger partial charge >= 0.3 is 0 Å². The smallest absolute Gasteiger partial charge is 0.242 e. The number of sulfonamides is 1. The van der Waals surface area contributed by atoms with Gasteiger partial charge in [0.2, 0.25) is 10.0 Å². The van der Waals surface area contributed by atoms with Crippen LogP contribution in [0.25, 0.3) is 0 Å². The lowest BCUT2D eigenvalue weighted by atomic mass is 10.4. The van der Waals surface area contributed by atoms with Crippen LogP contribution in [0, 0.1) is 0 Å². The molecule has 0 amide bonds. The van der Waals surface area contributed by atoms with Crippen LogP contribution in [0.1, 0.15) is 5.69 Å². The van der Waals surface area contributed by atoms with Crippen LogP contribution in [0.2, 0.25) is 0 Å². The fourth-order valence-corrected chi connectivity index (χ4v) is 3.30. The van der Waals surface area contributed by atoms with E-state index in [1.807, 2.05) is 0 Å².